The molecule has 0 radical (unpaired) electrons. The van der Waals surface area contributed by atoms with E-state index in [1.54, 1.807) is 0 Å². The topological polar surface area (TPSA) is 18.5 Å². The molecular formula is C18H24O2. The quantitative estimate of drug-likeness (QED) is 0.708. The van der Waals surface area contributed by atoms with E-state index in [0.717, 1.165) is 29.4 Å². The molecule has 0 fully saturated rings. The van der Waals surface area contributed by atoms with Gasteiger partial charge in [-0.2, -0.15) is 0 Å². The molecule has 2 unspecified atom stereocenters. The van der Waals surface area contributed by atoms with Crippen LogP contribution < -0.4 is 9.47 Å². The summed E-state index contributed by atoms with van der Waals surface area (Å²) in [6.07, 6.45) is 7.63. The molecule has 0 aromatic heterocycles. The van der Waals surface area contributed by atoms with Gasteiger partial charge in [0.1, 0.15) is 17.3 Å². The first-order chi connectivity index (χ1) is 9.58. The highest BCUT2D eigenvalue weighted by molar-refractivity contribution is 5.63. The normalized spacial score (nSPS) is 16.2. The molecule has 20 heavy (non-hydrogen) atoms. The average Bonchev–Trinajstić information content (AvgIpc) is 2.44. The van der Waals surface area contributed by atoms with Crippen LogP contribution in [0.2, 0.25) is 0 Å². The molecule has 1 aliphatic heterocycles. The van der Waals surface area contributed by atoms with Crippen molar-refractivity contribution in [2.75, 3.05) is 0 Å². The Bertz CT molecular complexity index is 502. The number of ether oxygens (including phenoxy) is 2. The predicted octanol–water partition coefficient (Wildman–Crippen LogP) is 5.20. The van der Waals surface area contributed by atoms with E-state index in [0.29, 0.717) is 5.76 Å². The molecule has 1 heterocycles. The second kappa shape index (κ2) is 6.65. The Kier molecular flexibility index (Phi) is 4.89. The monoisotopic (exact) mass is 272 g/mol. The fourth-order valence-electron chi connectivity index (χ4n) is 2.19. The third-order valence-electron chi connectivity index (χ3n) is 3.78. The number of hydrogen-bond donors (Lipinski definition) is 0. The number of rotatable bonds is 6. The fourth-order valence-corrected chi connectivity index (χ4v) is 2.19. The lowest BCUT2D eigenvalue weighted by atomic mass is 10.0. The zero-order chi connectivity index (χ0) is 14.5. The van der Waals surface area contributed by atoms with Crippen LogP contribution in [-0.4, -0.2) is 6.10 Å². The summed E-state index contributed by atoms with van der Waals surface area (Å²) in [4.78, 5) is 0. The van der Waals surface area contributed by atoms with Crippen LogP contribution in [0, 0.1) is 5.92 Å². The van der Waals surface area contributed by atoms with Crippen molar-refractivity contribution >= 4 is 6.08 Å². The fraction of sp³-hybridized carbons (Fsp3) is 0.444. The molecule has 1 aromatic rings. The highest BCUT2D eigenvalue weighted by Crippen LogP contribution is 2.31. The third-order valence-corrected chi connectivity index (χ3v) is 3.78. The molecule has 1 aliphatic rings. The Morgan fingerprint density at radius 2 is 2.00 bits per heavy atom. The number of allylic oxidation sites excluding steroid dienone is 1. The molecule has 0 bridgehead atoms. The van der Waals surface area contributed by atoms with Crippen molar-refractivity contribution in [2.45, 2.75) is 46.1 Å². The van der Waals surface area contributed by atoms with Crippen LogP contribution in [0.4, 0.5) is 0 Å². The van der Waals surface area contributed by atoms with E-state index < -0.39 is 0 Å². The van der Waals surface area contributed by atoms with Gasteiger partial charge in [0, 0.05) is 11.6 Å². The molecule has 2 heteroatoms. The maximum Gasteiger partial charge on any atom is 0.138 e. The maximum absolute atomic E-state index is 5.98. The van der Waals surface area contributed by atoms with Crippen molar-refractivity contribution in [1.82, 2.24) is 0 Å². The van der Waals surface area contributed by atoms with Crippen LogP contribution in [0.15, 0.2) is 36.6 Å². The van der Waals surface area contributed by atoms with Gasteiger partial charge in [-0.05, 0) is 50.0 Å². The van der Waals surface area contributed by atoms with Gasteiger partial charge in [-0.1, -0.05) is 26.8 Å². The lowest BCUT2D eigenvalue weighted by Crippen LogP contribution is -2.13. The van der Waals surface area contributed by atoms with Crippen LogP contribution in [0.5, 0.6) is 11.5 Å². The zero-order valence-electron chi connectivity index (χ0n) is 12.7. The van der Waals surface area contributed by atoms with E-state index in [9.17, 15) is 0 Å². The molecule has 0 N–H and O–H groups in total. The van der Waals surface area contributed by atoms with Crippen molar-refractivity contribution < 1.29 is 9.47 Å². The summed E-state index contributed by atoms with van der Waals surface area (Å²) in [5.41, 5.74) is 1.07. The van der Waals surface area contributed by atoms with Gasteiger partial charge in [0.2, 0.25) is 0 Å². The van der Waals surface area contributed by atoms with Gasteiger partial charge in [0.25, 0.3) is 0 Å². The Hall–Kier alpha value is -1.70. The molecular weight excluding hydrogens is 248 g/mol. The molecule has 2 rings (SSSR count). The molecule has 2 atom stereocenters. The van der Waals surface area contributed by atoms with E-state index in [4.69, 9.17) is 9.47 Å². The average molecular weight is 272 g/mol. The minimum absolute atomic E-state index is 0.226. The third kappa shape index (κ3) is 3.89. The van der Waals surface area contributed by atoms with Crippen molar-refractivity contribution in [1.29, 1.82) is 0 Å². The Balaban J connectivity index is 1.95. The first-order valence-corrected chi connectivity index (χ1v) is 7.44. The first kappa shape index (κ1) is 14.7. The highest BCUT2D eigenvalue weighted by Gasteiger charge is 2.11. The van der Waals surface area contributed by atoms with Crippen molar-refractivity contribution in [3.8, 4) is 11.5 Å². The summed E-state index contributed by atoms with van der Waals surface area (Å²) in [6.45, 7) is 10.5. The number of fused-ring (bicyclic) bond motifs is 1. The lowest BCUT2D eigenvalue weighted by Gasteiger charge is -2.19. The highest BCUT2D eigenvalue weighted by atomic mass is 16.5. The number of benzene rings is 1. The summed E-state index contributed by atoms with van der Waals surface area (Å²) in [7, 11) is 0. The molecule has 0 saturated heterocycles. The minimum atomic E-state index is 0.226. The smallest absolute Gasteiger partial charge is 0.138 e. The Labute approximate surface area is 122 Å². The van der Waals surface area contributed by atoms with Gasteiger partial charge in [-0.25, -0.2) is 0 Å². The van der Waals surface area contributed by atoms with Gasteiger partial charge >= 0.3 is 0 Å². The molecule has 0 amide bonds. The molecule has 108 valence electrons. The van der Waals surface area contributed by atoms with Crippen molar-refractivity contribution in [2.24, 2.45) is 5.92 Å². The SMILES string of the molecule is C=C1C=Cc2ccc(OC(C)CCC(C)CC)cc2O1. The summed E-state index contributed by atoms with van der Waals surface area (Å²) < 4.78 is 11.6. The van der Waals surface area contributed by atoms with Gasteiger partial charge in [0.15, 0.2) is 0 Å². The van der Waals surface area contributed by atoms with E-state index in [1.807, 2.05) is 30.4 Å². The van der Waals surface area contributed by atoms with E-state index in [1.165, 1.54) is 12.8 Å². The second-order valence-electron chi connectivity index (χ2n) is 5.62. The molecule has 2 nitrogen and oxygen atoms in total. The second-order valence-corrected chi connectivity index (χ2v) is 5.62. The van der Waals surface area contributed by atoms with E-state index in [-0.39, 0.29) is 6.10 Å². The van der Waals surface area contributed by atoms with Gasteiger partial charge in [-0.15, -0.1) is 0 Å². The van der Waals surface area contributed by atoms with Crippen LogP contribution in [-0.2, 0) is 0 Å². The maximum atomic E-state index is 5.98. The lowest BCUT2D eigenvalue weighted by molar-refractivity contribution is 0.199. The summed E-state index contributed by atoms with van der Waals surface area (Å²) in [5.74, 6) is 3.12. The zero-order valence-corrected chi connectivity index (χ0v) is 12.7. The van der Waals surface area contributed by atoms with E-state index >= 15 is 0 Å². The molecule has 0 spiro atoms. The minimum Gasteiger partial charge on any atom is -0.491 e. The molecule has 0 saturated carbocycles. The largest absolute Gasteiger partial charge is 0.491 e. The summed E-state index contributed by atoms with van der Waals surface area (Å²) in [5, 5.41) is 0. The summed E-state index contributed by atoms with van der Waals surface area (Å²) in [6, 6.07) is 5.97. The van der Waals surface area contributed by atoms with Gasteiger partial charge in [-0.3, -0.25) is 0 Å². The van der Waals surface area contributed by atoms with Crippen molar-refractivity contribution in [3.63, 3.8) is 0 Å². The number of hydrogen-bond acceptors (Lipinski definition) is 2. The van der Waals surface area contributed by atoms with Gasteiger partial charge in [0.05, 0.1) is 6.10 Å². The standard InChI is InChI=1S/C18H24O2/c1-5-13(2)6-7-14(3)19-17-11-10-16-9-8-15(4)20-18(16)12-17/h8-14H,4-7H2,1-3H3. The van der Waals surface area contributed by atoms with Crippen LogP contribution in [0.25, 0.3) is 6.08 Å². The molecule has 0 aliphatic carbocycles. The first-order valence-electron chi connectivity index (χ1n) is 7.44. The van der Waals surface area contributed by atoms with Crippen LogP contribution >= 0.6 is 0 Å². The van der Waals surface area contributed by atoms with Crippen LogP contribution in [0.3, 0.4) is 0 Å². The predicted molar refractivity (Wildman–Crippen MR) is 84.0 cm³/mol. The molecule has 1 aromatic carbocycles. The summed E-state index contributed by atoms with van der Waals surface area (Å²) >= 11 is 0. The van der Waals surface area contributed by atoms with Crippen LogP contribution in [0.1, 0.15) is 45.6 Å². The Morgan fingerprint density at radius 3 is 2.75 bits per heavy atom. The van der Waals surface area contributed by atoms with Crippen molar-refractivity contribution in [3.05, 3.63) is 42.2 Å². The van der Waals surface area contributed by atoms with E-state index in [2.05, 4.69) is 27.4 Å². The van der Waals surface area contributed by atoms with Gasteiger partial charge < -0.3 is 9.47 Å². The Morgan fingerprint density at radius 1 is 1.20 bits per heavy atom.